The molecule has 7 heteroatoms. The Morgan fingerprint density at radius 3 is 1.88 bits per heavy atom. The second kappa shape index (κ2) is 6.92. The molecule has 2 aromatic carbocycles. The van der Waals surface area contributed by atoms with Gasteiger partial charge in [-0.1, -0.05) is 31.5 Å². The molecule has 24 heavy (non-hydrogen) atoms. The van der Waals surface area contributed by atoms with E-state index in [0.29, 0.717) is 12.2 Å². The number of aryl methyl sites for hydroxylation is 1. The monoisotopic (exact) mass is 360 g/mol. The highest BCUT2D eigenvalue weighted by molar-refractivity contribution is 6.85. The molecule has 0 saturated carbocycles. The van der Waals surface area contributed by atoms with Crippen LogP contribution in [-0.4, -0.2) is 8.32 Å². The van der Waals surface area contributed by atoms with Gasteiger partial charge in [-0.15, -0.1) is 0 Å². The Kier molecular flexibility index (Phi) is 5.32. The van der Waals surface area contributed by atoms with E-state index in [2.05, 4.69) is 0 Å². The van der Waals surface area contributed by atoms with Gasteiger partial charge in [-0.2, -0.15) is 0 Å². The van der Waals surface area contributed by atoms with Crippen molar-refractivity contribution >= 4 is 13.5 Å². The van der Waals surface area contributed by atoms with Crippen molar-refractivity contribution in [3.8, 4) is 5.75 Å². The summed E-state index contributed by atoms with van der Waals surface area (Å²) in [5.41, 5.74) is 0.824. The summed E-state index contributed by atoms with van der Waals surface area (Å²) in [5.74, 6) is -9.30. The molecule has 0 atom stereocenters. The number of benzene rings is 2. The lowest BCUT2D eigenvalue weighted by atomic mass is 10.1. The lowest BCUT2D eigenvalue weighted by Crippen LogP contribution is -2.52. The molecule has 0 aliphatic heterocycles. The van der Waals surface area contributed by atoms with Gasteiger partial charge < -0.3 is 4.43 Å². The average Bonchev–Trinajstić information content (AvgIpc) is 2.53. The van der Waals surface area contributed by atoms with E-state index in [1.54, 1.807) is 18.2 Å². The second-order valence-electron chi connectivity index (χ2n) is 5.92. The first-order chi connectivity index (χ1) is 11.2. The van der Waals surface area contributed by atoms with Crippen molar-refractivity contribution in [2.24, 2.45) is 0 Å². The van der Waals surface area contributed by atoms with Crippen LogP contribution in [0.2, 0.25) is 13.1 Å². The quantitative estimate of drug-likeness (QED) is 0.321. The zero-order valence-electron chi connectivity index (χ0n) is 13.5. The fourth-order valence-electron chi connectivity index (χ4n) is 2.54. The van der Waals surface area contributed by atoms with E-state index < -0.39 is 42.6 Å². The SMILES string of the molecule is CCCc1ccccc1O[Si](C)(C)c1c(F)c(F)c(F)c(F)c1F. The van der Waals surface area contributed by atoms with E-state index in [9.17, 15) is 22.0 Å². The van der Waals surface area contributed by atoms with Crippen molar-refractivity contribution in [3.05, 3.63) is 58.9 Å². The smallest absolute Gasteiger partial charge is 0.282 e. The molecule has 0 aliphatic carbocycles. The Labute approximate surface area is 138 Å². The summed E-state index contributed by atoms with van der Waals surface area (Å²) in [7, 11) is -3.45. The molecule has 0 radical (unpaired) electrons. The molecule has 130 valence electrons. The van der Waals surface area contributed by atoms with Crippen molar-refractivity contribution in [2.45, 2.75) is 32.9 Å². The third-order valence-electron chi connectivity index (χ3n) is 3.67. The third kappa shape index (κ3) is 3.31. The summed E-state index contributed by atoms with van der Waals surface area (Å²) < 4.78 is 74.1. The van der Waals surface area contributed by atoms with Crippen LogP contribution in [0.5, 0.6) is 5.75 Å². The van der Waals surface area contributed by atoms with Gasteiger partial charge in [0.25, 0.3) is 8.32 Å². The summed E-state index contributed by atoms with van der Waals surface area (Å²) in [6.07, 6.45) is 1.50. The normalized spacial score (nSPS) is 11.7. The number of rotatable bonds is 5. The summed E-state index contributed by atoms with van der Waals surface area (Å²) in [4.78, 5) is 0. The zero-order chi connectivity index (χ0) is 18.1. The van der Waals surface area contributed by atoms with Crippen LogP contribution >= 0.6 is 0 Å². The highest BCUT2D eigenvalue weighted by Gasteiger charge is 2.39. The van der Waals surface area contributed by atoms with Gasteiger partial charge in [-0.3, -0.25) is 0 Å². The minimum atomic E-state index is -3.45. The summed E-state index contributed by atoms with van der Waals surface area (Å²) in [6.45, 7) is 4.76. The van der Waals surface area contributed by atoms with Crippen LogP contribution in [-0.2, 0) is 6.42 Å². The zero-order valence-corrected chi connectivity index (χ0v) is 14.5. The number of para-hydroxylation sites is 1. The molecule has 0 spiro atoms. The van der Waals surface area contributed by atoms with Crippen molar-refractivity contribution in [1.82, 2.24) is 0 Å². The number of halogens is 5. The molecule has 0 heterocycles. The summed E-state index contributed by atoms with van der Waals surface area (Å²) in [6, 6.07) is 6.93. The third-order valence-corrected chi connectivity index (χ3v) is 6.04. The lowest BCUT2D eigenvalue weighted by molar-refractivity contribution is 0.382. The lowest BCUT2D eigenvalue weighted by Gasteiger charge is -2.27. The Morgan fingerprint density at radius 1 is 0.833 bits per heavy atom. The van der Waals surface area contributed by atoms with Gasteiger partial charge in [0.1, 0.15) is 5.75 Å². The molecule has 0 N–H and O–H groups in total. The van der Waals surface area contributed by atoms with Crippen LogP contribution < -0.4 is 9.61 Å². The minimum absolute atomic E-state index is 0.403. The Hall–Kier alpha value is -1.89. The highest BCUT2D eigenvalue weighted by atomic mass is 28.4. The molecule has 0 bridgehead atoms. The first-order valence-corrected chi connectivity index (χ1v) is 10.4. The Balaban J connectivity index is 2.53. The summed E-state index contributed by atoms with van der Waals surface area (Å²) >= 11 is 0. The van der Waals surface area contributed by atoms with E-state index in [1.165, 1.54) is 13.1 Å². The molecule has 2 aromatic rings. The van der Waals surface area contributed by atoms with Crippen molar-refractivity contribution in [3.63, 3.8) is 0 Å². The molecule has 0 aromatic heterocycles. The van der Waals surface area contributed by atoms with Gasteiger partial charge in [0, 0.05) is 0 Å². The van der Waals surface area contributed by atoms with Gasteiger partial charge in [0.2, 0.25) is 5.82 Å². The van der Waals surface area contributed by atoms with Gasteiger partial charge in [-0.25, -0.2) is 22.0 Å². The predicted octanol–water partition coefficient (Wildman–Crippen LogP) is 4.83. The van der Waals surface area contributed by atoms with Gasteiger partial charge >= 0.3 is 0 Å². The van der Waals surface area contributed by atoms with Crippen LogP contribution in [0.15, 0.2) is 24.3 Å². The molecule has 0 saturated heterocycles. The molecule has 2 rings (SSSR count). The van der Waals surface area contributed by atoms with E-state index >= 15 is 0 Å². The van der Waals surface area contributed by atoms with Gasteiger partial charge in [0.15, 0.2) is 23.3 Å². The van der Waals surface area contributed by atoms with Crippen LogP contribution in [0, 0.1) is 29.1 Å². The van der Waals surface area contributed by atoms with E-state index in [4.69, 9.17) is 4.43 Å². The maximum Gasteiger partial charge on any atom is 0.282 e. The molecule has 0 amide bonds. The number of hydrogen-bond acceptors (Lipinski definition) is 1. The van der Waals surface area contributed by atoms with Crippen LogP contribution in [0.25, 0.3) is 0 Å². The Morgan fingerprint density at radius 2 is 1.33 bits per heavy atom. The fraction of sp³-hybridized carbons (Fsp3) is 0.294. The van der Waals surface area contributed by atoms with E-state index in [0.717, 1.165) is 12.0 Å². The van der Waals surface area contributed by atoms with Crippen molar-refractivity contribution in [2.75, 3.05) is 0 Å². The molecule has 0 unspecified atom stereocenters. The second-order valence-corrected chi connectivity index (χ2v) is 9.64. The van der Waals surface area contributed by atoms with Crippen molar-refractivity contribution < 1.29 is 26.4 Å². The Bertz CT molecular complexity index is 732. The van der Waals surface area contributed by atoms with Crippen molar-refractivity contribution in [1.29, 1.82) is 0 Å². The minimum Gasteiger partial charge on any atom is -0.539 e. The van der Waals surface area contributed by atoms with E-state index in [-0.39, 0.29) is 0 Å². The molecular weight excluding hydrogens is 343 g/mol. The first-order valence-electron chi connectivity index (χ1n) is 7.49. The standard InChI is InChI=1S/C17H17F5OSi/c1-4-7-10-8-5-6-9-11(10)23-24(2,3)17-15(21)13(19)12(18)14(20)16(17)22/h5-6,8-9H,4,7H2,1-3H3. The topological polar surface area (TPSA) is 9.23 Å². The largest absolute Gasteiger partial charge is 0.539 e. The molecule has 1 nitrogen and oxygen atoms in total. The van der Waals surface area contributed by atoms with Crippen LogP contribution in [0.1, 0.15) is 18.9 Å². The molecule has 0 aliphatic rings. The maximum atomic E-state index is 14.1. The molecular formula is C17H17F5OSi. The van der Waals surface area contributed by atoms with E-state index in [1.807, 2.05) is 13.0 Å². The van der Waals surface area contributed by atoms with Crippen LogP contribution in [0.4, 0.5) is 22.0 Å². The van der Waals surface area contributed by atoms with Gasteiger partial charge in [-0.05, 0) is 31.1 Å². The van der Waals surface area contributed by atoms with Crippen LogP contribution in [0.3, 0.4) is 0 Å². The maximum absolute atomic E-state index is 14.1. The fourth-order valence-corrected chi connectivity index (χ4v) is 4.67. The molecule has 0 fully saturated rings. The number of hydrogen-bond donors (Lipinski definition) is 0. The highest BCUT2D eigenvalue weighted by Crippen LogP contribution is 2.25. The van der Waals surface area contributed by atoms with Gasteiger partial charge in [0.05, 0.1) is 5.19 Å². The predicted molar refractivity (Wildman–Crippen MR) is 84.4 cm³/mol. The first kappa shape index (κ1) is 18.4. The average molecular weight is 360 g/mol. The summed E-state index contributed by atoms with van der Waals surface area (Å²) in [5, 5.41) is -0.856.